The van der Waals surface area contributed by atoms with Crippen molar-refractivity contribution in [2.45, 2.75) is 26.8 Å². The van der Waals surface area contributed by atoms with E-state index in [1.165, 1.54) is 0 Å². The molecule has 0 aliphatic rings. The van der Waals surface area contributed by atoms with Gasteiger partial charge in [-0.25, -0.2) is 0 Å². The second kappa shape index (κ2) is 8.48. The maximum absolute atomic E-state index is 12.4. The van der Waals surface area contributed by atoms with E-state index in [-0.39, 0.29) is 5.91 Å². The molecule has 26 heavy (non-hydrogen) atoms. The number of aromatic nitrogens is 1. The minimum Gasteiger partial charge on any atom is -0.494 e. The van der Waals surface area contributed by atoms with Crippen molar-refractivity contribution < 1.29 is 9.53 Å². The quantitative estimate of drug-likeness (QED) is 0.679. The predicted octanol–water partition coefficient (Wildman–Crippen LogP) is 4.59. The van der Waals surface area contributed by atoms with E-state index in [0.29, 0.717) is 24.6 Å². The minimum atomic E-state index is -0.0955. The van der Waals surface area contributed by atoms with E-state index in [1.807, 2.05) is 48.5 Å². The molecule has 0 bridgehead atoms. The van der Waals surface area contributed by atoms with E-state index < -0.39 is 0 Å². The number of hydrogen-bond donors (Lipinski definition) is 1. The zero-order chi connectivity index (χ0) is 18.4. The Kier molecular flexibility index (Phi) is 5.84. The van der Waals surface area contributed by atoms with Gasteiger partial charge in [0, 0.05) is 23.7 Å². The summed E-state index contributed by atoms with van der Waals surface area (Å²) in [5.41, 5.74) is 2.54. The number of pyridine rings is 1. The van der Waals surface area contributed by atoms with Gasteiger partial charge in [0.1, 0.15) is 5.75 Å². The van der Waals surface area contributed by atoms with Gasteiger partial charge in [0.15, 0.2) is 0 Å². The zero-order valence-electron chi connectivity index (χ0n) is 15.2. The molecule has 0 spiro atoms. The molecule has 0 fully saturated rings. The van der Waals surface area contributed by atoms with Crippen LogP contribution in [-0.2, 0) is 6.54 Å². The second-order valence-electron chi connectivity index (χ2n) is 6.77. The lowest BCUT2D eigenvalue weighted by Crippen LogP contribution is -2.22. The van der Waals surface area contributed by atoms with Gasteiger partial charge in [0.05, 0.1) is 12.1 Å². The van der Waals surface area contributed by atoms with Gasteiger partial charge in [-0.15, -0.1) is 0 Å². The molecular formula is C22H24N2O2. The third kappa shape index (κ3) is 4.82. The summed E-state index contributed by atoms with van der Waals surface area (Å²) in [6, 6.07) is 17.2. The Bertz CT molecular complexity index is 890. The molecule has 4 nitrogen and oxygen atoms in total. The standard InChI is InChI=1S/C22H24N2O2/c1-16(2)10-12-26-20-7-3-5-17(13-20)15-24-22(25)19-8-9-21-18(14-19)6-4-11-23-21/h3-9,11,13-14,16H,10,12,15H2,1-2H3,(H,24,25). The molecular weight excluding hydrogens is 324 g/mol. The fourth-order valence-electron chi connectivity index (χ4n) is 2.66. The maximum atomic E-state index is 12.4. The molecule has 1 N–H and O–H groups in total. The number of rotatable bonds is 7. The molecule has 0 radical (unpaired) electrons. The van der Waals surface area contributed by atoms with Crippen LogP contribution in [0.3, 0.4) is 0 Å². The number of hydrogen-bond acceptors (Lipinski definition) is 3. The van der Waals surface area contributed by atoms with Crippen molar-refractivity contribution in [1.29, 1.82) is 0 Å². The lowest BCUT2D eigenvalue weighted by atomic mass is 10.1. The van der Waals surface area contributed by atoms with Gasteiger partial charge >= 0.3 is 0 Å². The number of carbonyl (C=O) groups is 1. The Balaban J connectivity index is 1.59. The molecule has 0 unspecified atom stereocenters. The van der Waals surface area contributed by atoms with E-state index in [4.69, 9.17) is 4.74 Å². The fraction of sp³-hybridized carbons (Fsp3) is 0.273. The molecule has 1 amide bonds. The van der Waals surface area contributed by atoms with Crippen molar-refractivity contribution in [3.05, 3.63) is 71.9 Å². The predicted molar refractivity (Wildman–Crippen MR) is 104 cm³/mol. The minimum absolute atomic E-state index is 0.0955. The molecule has 0 aliphatic heterocycles. The summed E-state index contributed by atoms with van der Waals surface area (Å²) < 4.78 is 5.78. The lowest BCUT2D eigenvalue weighted by molar-refractivity contribution is 0.0951. The Morgan fingerprint density at radius 2 is 2.00 bits per heavy atom. The van der Waals surface area contributed by atoms with Crippen molar-refractivity contribution in [2.24, 2.45) is 5.92 Å². The van der Waals surface area contributed by atoms with Crippen LogP contribution in [0.2, 0.25) is 0 Å². The topological polar surface area (TPSA) is 51.2 Å². The van der Waals surface area contributed by atoms with Crippen LogP contribution in [0.1, 0.15) is 36.2 Å². The van der Waals surface area contributed by atoms with E-state index >= 15 is 0 Å². The van der Waals surface area contributed by atoms with Gasteiger partial charge in [-0.2, -0.15) is 0 Å². The van der Waals surface area contributed by atoms with Crippen LogP contribution in [0.5, 0.6) is 5.75 Å². The van der Waals surface area contributed by atoms with Crippen molar-refractivity contribution in [2.75, 3.05) is 6.61 Å². The molecule has 4 heteroatoms. The molecule has 3 aromatic rings. The summed E-state index contributed by atoms with van der Waals surface area (Å²) >= 11 is 0. The van der Waals surface area contributed by atoms with Gasteiger partial charge in [0.2, 0.25) is 0 Å². The molecule has 3 rings (SSSR count). The van der Waals surface area contributed by atoms with Crippen molar-refractivity contribution in [1.82, 2.24) is 10.3 Å². The fourth-order valence-corrected chi connectivity index (χ4v) is 2.66. The van der Waals surface area contributed by atoms with Gasteiger partial charge in [0.25, 0.3) is 5.91 Å². The molecule has 0 saturated heterocycles. The highest BCUT2D eigenvalue weighted by molar-refractivity contribution is 5.97. The second-order valence-corrected chi connectivity index (χ2v) is 6.77. The molecule has 2 aromatic carbocycles. The first-order valence-electron chi connectivity index (χ1n) is 8.96. The largest absolute Gasteiger partial charge is 0.494 e. The van der Waals surface area contributed by atoms with Gasteiger partial charge in [-0.05, 0) is 54.3 Å². The first-order chi connectivity index (χ1) is 12.6. The number of benzene rings is 2. The third-order valence-corrected chi connectivity index (χ3v) is 4.18. The summed E-state index contributed by atoms with van der Waals surface area (Å²) in [5.74, 6) is 1.37. The monoisotopic (exact) mass is 348 g/mol. The number of fused-ring (bicyclic) bond motifs is 1. The molecule has 134 valence electrons. The Morgan fingerprint density at radius 1 is 1.12 bits per heavy atom. The summed E-state index contributed by atoms with van der Waals surface area (Å²) in [5, 5.41) is 3.93. The first-order valence-corrected chi connectivity index (χ1v) is 8.96. The van der Waals surface area contributed by atoms with Crippen molar-refractivity contribution >= 4 is 16.8 Å². The number of nitrogens with zero attached hydrogens (tertiary/aromatic N) is 1. The number of ether oxygens (including phenoxy) is 1. The smallest absolute Gasteiger partial charge is 0.251 e. The lowest BCUT2D eigenvalue weighted by Gasteiger charge is -2.10. The van der Waals surface area contributed by atoms with E-state index in [2.05, 4.69) is 24.1 Å². The van der Waals surface area contributed by atoms with Crippen molar-refractivity contribution in [3.8, 4) is 5.75 Å². The van der Waals surface area contributed by atoms with E-state index in [0.717, 1.165) is 28.6 Å². The molecule has 0 atom stereocenters. The van der Waals surface area contributed by atoms with Crippen LogP contribution in [0.25, 0.3) is 10.9 Å². The van der Waals surface area contributed by atoms with E-state index in [9.17, 15) is 4.79 Å². The molecule has 1 aromatic heterocycles. The Morgan fingerprint density at radius 3 is 2.85 bits per heavy atom. The number of amides is 1. The van der Waals surface area contributed by atoms with Gasteiger partial charge in [-0.1, -0.05) is 32.0 Å². The first kappa shape index (κ1) is 17.9. The molecule has 1 heterocycles. The maximum Gasteiger partial charge on any atom is 0.251 e. The van der Waals surface area contributed by atoms with Crippen LogP contribution in [0.15, 0.2) is 60.8 Å². The van der Waals surface area contributed by atoms with Gasteiger partial charge < -0.3 is 10.1 Å². The van der Waals surface area contributed by atoms with E-state index in [1.54, 1.807) is 12.3 Å². The Hall–Kier alpha value is -2.88. The summed E-state index contributed by atoms with van der Waals surface area (Å²) in [6.45, 7) is 5.53. The van der Waals surface area contributed by atoms with Crippen LogP contribution < -0.4 is 10.1 Å². The number of carbonyl (C=O) groups excluding carboxylic acids is 1. The highest BCUT2D eigenvalue weighted by atomic mass is 16.5. The van der Waals surface area contributed by atoms with Crippen LogP contribution in [-0.4, -0.2) is 17.5 Å². The van der Waals surface area contributed by atoms with Crippen LogP contribution >= 0.6 is 0 Å². The zero-order valence-corrected chi connectivity index (χ0v) is 15.2. The summed E-state index contributed by atoms with van der Waals surface area (Å²) in [4.78, 5) is 16.7. The van der Waals surface area contributed by atoms with Crippen LogP contribution in [0, 0.1) is 5.92 Å². The van der Waals surface area contributed by atoms with Crippen LogP contribution in [0.4, 0.5) is 0 Å². The normalized spacial score (nSPS) is 10.9. The average molecular weight is 348 g/mol. The summed E-state index contributed by atoms with van der Waals surface area (Å²) in [6.07, 6.45) is 2.77. The third-order valence-electron chi connectivity index (χ3n) is 4.18. The summed E-state index contributed by atoms with van der Waals surface area (Å²) in [7, 11) is 0. The molecule has 0 aliphatic carbocycles. The Labute approximate surface area is 154 Å². The highest BCUT2D eigenvalue weighted by Gasteiger charge is 2.07. The SMILES string of the molecule is CC(C)CCOc1cccc(CNC(=O)c2ccc3ncccc3c2)c1. The molecule has 0 saturated carbocycles. The average Bonchev–Trinajstić information content (AvgIpc) is 2.66. The van der Waals surface area contributed by atoms with Crippen molar-refractivity contribution in [3.63, 3.8) is 0 Å². The number of nitrogens with one attached hydrogen (secondary N) is 1. The van der Waals surface area contributed by atoms with Gasteiger partial charge in [-0.3, -0.25) is 9.78 Å². The highest BCUT2D eigenvalue weighted by Crippen LogP contribution is 2.16.